The van der Waals surface area contributed by atoms with Crippen molar-refractivity contribution in [3.63, 3.8) is 0 Å². The zero-order chi connectivity index (χ0) is 11.9. The Bertz CT molecular complexity index is 271. The summed E-state index contributed by atoms with van der Waals surface area (Å²) in [6.07, 6.45) is 2.13. The molecule has 0 aromatic heterocycles. The lowest BCUT2D eigenvalue weighted by Crippen LogP contribution is -2.51. The summed E-state index contributed by atoms with van der Waals surface area (Å²) in [5.74, 6) is 0.956. The molecule has 2 aliphatic rings. The topological polar surface area (TPSA) is 55.6 Å². The Balaban J connectivity index is 1.95. The minimum Gasteiger partial charge on any atom is -0.444 e. The van der Waals surface area contributed by atoms with Gasteiger partial charge in [0.15, 0.2) is 0 Å². The zero-order valence-corrected chi connectivity index (χ0v) is 10.4. The van der Waals surface area contributed by atoms with E-state index < -0.39 is 5.60 Å². The van der Waals surface area contributed by atoms with Gasteiger partial charge in [0.25, 0.3) is 0 Å². The number of likely N-dealkylation sites (tertiary alicyclic amines) is 1. The second-order valence-electron chi connectivity index (χ2n) is 6.06. The molecule has 4 nitrogen and oxygen atoms in total. The van der Waals surface area contributed by atoms with Crippen LogP contribution in [0.3, 0.4) is 0 Å². The first-order chi connectivity index (χ1) is 7.37. The van der Waals surface area contributed by atoms with Gasteiger partial charge < -0.3 is 15.4 Å². The van der Waals surface area contributed by atoms with Gasteiger partial charge >= 0.3 is 6.09 Å². The third-order valence-electron chi connectivity index (χ3n) is 3.56. The number of fused-ring (bicyclic) bond motifs is 2. The second kappa shape index (κ2) is 3.91. The summed E-state index contributed by atoms with van der Waals surface area (Å²) < 4.78 is 5.38. The summed E-state index contributed by atoms with van der Waals surface area (Å²) in [5, 5.41) is 0. The first-order valence-corrected chi connectivity index (χ1v) is 6.10. The first-order valence-electron chi connectivity index (χ1n) is 6.10. The third-order valence-corrected chi connectivity index (χ3v) is 3.56. The fourth-order valence-corrected chi connectivity index (χ4v) is 2.74. The standard InChI is InChI=1S/C12H22N2O2/c1-12(2,3)16-11(15)14-6-8-4-5-9(7-14)10(8)13/h8-10H,4-7,13H2,1-3H3/t8-,9+,10-. The smallest absolute Gasteiger partial charge is 0.410 e. The van der Waals surface area contributed by atoms with E-state index in [9.17, 15) is 4.79 Å². The van der Waals surface area contributed by atoms with E-state index in [-0.39, 0.29) is 6.09 Å². The summed E-state index contributed by atoms with van der Waals surface area (Å²) in [7, 11) is 0. The highest BCUT2D eigenvalue weighted by molar-refractivity contribution is 5.68. The van der Waals surface area contributed by atoms with Crippen molar-refractivity contribution in [3.8, 4) is 0 Å². The van der Waals surface area contributed by atoms with E-state index in [2.05, 4.69) is 0 Å². The number of carbonyl (C=O) groups is 1. The number of hydrogen-bond acceptors (Lipinski definition) is 3. The molecule has 2 rings (SSSR count). The molecule has 2 fully saturated rings. The molecule has 0 spiro atoms. The largest absolute Gasteiger partial charge is 0.444 e. The quantitative estimate of drug-likeness (QED) is 0.682. The highest BCUT2D eigenvalue weighted by Crippen LogP contribution is 2.35. The minimum atomic E-state index is -0.407. The molecule has 1 heterocycles. The third kappa shape index (κ3) is 2.32. The van der Waals surface area contributed by atoms with Crippen LogP contribution in [0.5, 0.6) is 0 Å². The van der Waals surface area contributed by atoms with E-state index in [1.54, 1.807) is 0 Å². The van der Waals surface area contributed by atoms with Gasteiger partial charge in [0, 0.05) is 19.1 Å². The highest BCUT2D eigenvalue weighted by Gasteiger charge is 2.42. The number of carbonyl (C=O) groups excluding carboxylic acids is 1. The molecule has 1 aliphatic carbocycles. The molecule has 4 heteroatoms. The fourth-order valence-electron chi connectivity index (χ4n) is 2.74. The Morgan fingerprint density at radius 2 is 1.75 bits per heavy atom. The average Bonchev–Trinajstić information content (AvgIpc) is 2.38. The number of rotatable bonds is 0. The molecule has 1 amide bonds. The first kappa shape index (κ1) is 11.7. The van der Waals surface area contributed by atoms with Crippen molar-refractivity contribution in [2.24, 2.45) is 17.6 Å². The van der Waals surface area contributed by atoms with Crippen molar-refractivity contribution < 1.29 is 9.53 Å². The van der Waals surface area contributed by atoms with E-state index in [4.69, 9.17) is 10.5 Å². The Hall–Kier alpha value is -0.770. The molecule has 1 saturated carbocycles. The normalized spacial score (nSPS) is 34.0. The van der Waals surface area contributed by atoms with Crippen molar-refractivity contribution in [1.82, 2.24) is 4.90 Å². The molecule has 1 aliphatic heterocycles. The van der Waals surface area contributed by atoms with Crippen molar-refractivity contribution in [3.05, 3.63) is 0 Å². The van der Waals surface area contributed by atoms with Crippen molar-refractivity contribution in [1.29, 1.82) is 0 Å². The number of nitrogens with two attached hydrogens (primary N) is 1. The van der Waals surface area contributed by atoms with Crippen LogP contribution in [0, 0.1) is 11.8 Å². The Morgan fingerprint density at radius 3 is 2.19 bits per heavy atom. The molecule has 3 atom stereocenters. The highest BCUT2D eigenvalue weighted by atomic mass is 16.6. The van der Waals surface area contributed by atoms with Gasteiger partial charge in [-0.15, -0.1) is 0 Å². The maximum Gasteiger partial charge on any atom is 0.410 e. The fraction of sp³-hybridized carbons (Fsp3) is 0.917. The van der Waals surface area contributed by atoms with Gasteiger partial charge in [-0.25, -0.2) is 4.79 Å². The maximum absolute atomic E-state index is 11.9. The molecule has 0 radical (unpaired) electrons. The van der Waals surface area contributed by atoms with Crippen molar-refractivity contribution in [2.45, 2.75) is 45.3 Å². The molecule has 0 unspecified atom stereocenters. The Labute approximate surface area is 97.1 Å². The number of ether oxygens (including phenoxy) is 1. The Kier molecular flexibility index (Phi) is 2.86. The summed E-state index contributed by atoms with van der Waals surface area (Å²) in [5.41, 5.74) is 5.69. The van der Waals surface area contributed by atoms with Gasteiger partial charge in [-0.05, 0) is 45.4 Å². The van der Waals surface area contributed by atoms with Gasteiger partial charge in [0.2, 0.25) is 0 Å². The van der Waals surface area contributed by atoms with Crippen LogP contribution in [0.2, 0.25) is 0 Å². The van der Waals surface area contributed by atoms with Gasteiger partial charge in [0.05, 0.1) is 0 Å². The summed E-state index contributed by atoms with van der Waals surface area (Å²) in [6.45, 7) is 7.23. The number of amides is 1. The maximum atomic E-state index is 11.9. The lowest BCUT2D eigenvalue weighted by molar-refractivity contribution is 0.0134. The monoisotopic (exact) mass is 226 g/mol. The Morgan fingerprint density at radius 1 is 1.25 bits per heavy atom. The average molecular weight is 226 g/mol. The summed E-state index contributed by atoms with van der Waals surface area (Å²) >= 11 is 0. The SMILES string of the molecule is CC(C)(C)OC(=O)N1C[C@H]2CC[C@@H](C1)[C@@H]2N. The molecular weight excluding hydrogens is 204 g/mol. The van der Waals surface area contributed by atoms with Crippen LogP contribution in [-0.4, -0.2) is 35.7 Å². The van der Waals surface area contributed by atoms with Crippen LogP contribution >= 0.6 is 0 Å². The van der Waals surface area contributed by atoms with Crippen LogP contribution in [-0.2, 0) is 4.74 Å². The lowest BCUT2D eigenvalue weighted by atomic mass is 9.93. The predicted octanol–water partition coefficient (Wildman–Crippen LogP) is 1.59. The molecule has 0 aromatic carbocycles. The molecular formula is C12H22N2O2. The van der Waals surface area contributed by atoms with Gasteiger partial charge in [0.1, 0.15) is 5.60 Å². The van der Waals surface area contributed by atoms with E-state index in [0.717, 1.165) is 25.9 Å². The van der Waals surface area contributed by atoms with Gasteiger partial charge in [-0.1, -0.05) is 0 Å². The van der Waals surface area contributed by atoms with Gasteiger partial charge in [-0.2, -0.15) is 0 Å². The minimum absolute atomic E-state index is 0.184. The molecule has 1 saturated heterocycles. The van der Waals surface area contributed by atoms with Crippen LogP contribution in [0.15, 0.2) is 0 Å². The molecule has 2 N–H and O–H groups in total. The van der Waals surface area contributed by atoms with E-state index in [0.29, 0.717) is 17.9 Å². The molecule has 0 aromatic rings. The van der Waals surface area contributed by atoms with Crippen LogP contribution in [0.1, 0.15) is 33.6 Å². The zero-order valence-electron chi connectivity index (χ0n) is 10.4. The van der Waals surface area contributed by atoms with Crippen LogP contribution < -0.4 is 5.73 Å². The van der Waals surface area contributed by atoms with Crippen LogP contribution in [0.4, 0.5) is 4.79 Å². The lowest BCUT2D eigenvalue weighted by Gasteiger charge is -2.36. The van der Waals surface area contributed by atoms with Crippen LogP contribution in [0.25, 0.3) is 0 Å². The van der Waals surface area contributed by atoms with E-state index >= 15 is 0 Å². The summed E-state index contributed by atoms with van der Waals surface area (Å²) in [4.78, 5) is 13.7. The number of nitrogens with zero attached hydrogens (tertiary/aromatic N) is 1. The van der Waals surface area contributed by atoms with Crippen molar-refractivity contribution >= 4 is 6.09 Å². The van der Waals surface area contributed by atoms with Crippen molar-refractivity contribution in [2.75, 3.05) is 13.1 Å². The summed E-state index contributed by atoms with van der Waals surface area (Å²) in [6, 6.07) is 0.290. The molecule has 2 bridgehead atoms. The predicted molar refractivity (Wildman–Crippen MR) is 62.0 cm³/mol. The number of hydrogen-bond donors (Lipinski definition) is 1. The number of piperidine rings is 1. The van der Waals surface area contributed by atoms with E-state index in [1.165, 1.54) is 0 Å². The molecule has 92 valence electrons. The molecule has 16 heavy (non-hydrogen) atoms. The van der Waals surface area contributed by atoms with Gasteiger partial charge in [-0.3, -0.25) is 0 Å². The second-order valence-corrected chi connectivity index (χ2v) is 6.06. The van der Waals surface area contributed by atoms with E-state index in [1.807, 2.05) is 25.7 Å².